The Labute approximate surface area is 124 Å². The number of aromatic hydroxyl groups is 1. The van der Waals surface area contributed by atoms with E-state index in [-0.39, 0.29) is 30.7 Å². The fourth-order valence-corrected chi connectivity index (χ4v) is 3.02. The zero-order chi connectivity index (χ0) is 14.7. The van der Waals surface area contributed by atoms with Crippen molar-refractivity contribution in [2.75, 3.05) is 13.2 Å². The molecule has 0 aromatic heterocycles. The molecule has 20 heavy (non-hydrogen) atoms. The Balaban J connectivity index is 2.10. The summed E-state index contributed by atoms with van der Waals surface area (Å²) in [7, 11) is 0. The van der Waals surface area contributed by atoms with Crippen LogP contribution in [0.25, 0.3) is 0 Å². The van der Waals surface area contributed by atoms with Gasteiger partial charge in [0.1, 0.15) is 5.75 Å². The maximum absolute atomic E-state index is 12.4. The van der Waals surface area contributed by atoms with Gasteiger partial charge in [0.05, 0.1) is 19.1 Å². The topological polar surface area (TPSA) is 60.8 Å². The van der Waals surface area contributed by atoms with Crippen molar-refractivity contribution in [1.82, 2.24) is 4.90 Å². The van der Waals surface area contributed by atoms with E-state index in [0.717, 1.165) is 12.8 Å². The van der Waals surface area contributed by atoms with Gasteiger partial charge in [-0.15, -0.1) is 0 Å². The summed E-state index contributed by atoms with van der Waals surface area (Å²) in [6.45, 7) is 2.74. The van der Waals surface area contributed by atoms with Crippen molar-refractivity contribution in [3.05, 3.63) is 28.8 Å². The molecule has 1 heterocycles. The van der Waals surface area contributed by atoms with Crippen molar-refractivity contribution in [3.8, 4) is 5.75 Å². The SMILES string of the molecule is C[C@@H]1CCCN(C(=O)Cc2ccc(O)cc2Cl)[C@@H]1CO. The number of nitrogens with zero attached hydrogens (tertiary/aromatic N) is 1. The largest absolute Gasteiger partial charge is 0.508 e. The van der Waals surface area contributed by atoms with Crippen LogP contribution in [0.15, 0.2) is 18.2 Å². The Bertz CT molecular complexity index is 492. The van der Waals surface area contributed by atoms with Gasteiger partial charge in [-0.1, -0.05) is 24.6 Å². The van der Waals surface area contributed by atoms with Crippen molar-refractivity contribution < 1.29 is 15.0 Å². The number of carbonyl (C=O) groups excluding carboxylic acids is 1. The maximum Gasteiger partial charge on any atom is 0.227 e. The van der Waals surface area contributed by atoms with Gasteiger partial charge in [0.25, 0.3) is 0 Å². The number of hydrogen-bond acceptors (Lipinski definition) is 3. The molecule has 0 saturated carbocycles. The Morgan fingerprint density at radius 3 is 2.90 bits per heavy atom. The Hall–Kier alpha value is -1.26. The van der Waals surface area contributed by atoms with Crippen LogP contribution in [0.1, 0.15) is 25.3 Å². The van der Waals surface area contributed by atoms with Crippen molar-refractivity contribution in [1.29, 1.82) is 0 Å². The van der Waals surface area contributed by atoms with Crippen molar-refractivity contribution in [3.63, 3.8) is 0 Å². The van der Waals surface area contributed by atoms with Gasteiger partial charge < -0.3 is 15.1 Å². The highest BCUT2D eigenvalue weighted by Crippen LogP contribution is 2.26. The molecule has 1 aliphatic heterocycles. The molecule has 1 amide bonds. The van der Waals surface area contributed by atoms with Crippen molar-refractivity contribution in [2.24, 2.45) is 5.92 Å². The highest BCUT2D eigenvalue weighted by Gasteiger charge is 2.31. The number of benzene rings is 1. The van der Waals surface area contributed by atoms with E-state index >= 15 is 0 Å². The number of halogens is 1. The number of hydrogen-bond donors (Lipinski definition) is 2. The van der Waals surface area contributed by atoms with Crippen LogP contribution in [-0.2, 0) is 11.2 Å². The van der Waals surface area contributed by atoms with Crippen molar-refractivity contribution >= 4 is 17.5 Å². The molecule has 1 saturated heterocycles. The summed E-state index contributed by atoms with van der Waals surface area (Å²) in [4.78, 5) is 14.2. The Morgan fingerprint density at radius 2 is 2.25 bits per heavy atom. The number of aliphatic hydroxyl groups is 1. The molecule has 0 bridgehead atoms. The van der Waals surface area contributed by atoms with Crippen LogP contribution in [0, 0.1) is 5.92 Å². The number of phenols is 1. The number of aliphatic hydroxyl groups excluding tert-OH is 1. The molecule has 1 aromatic carbocycles. The second-order valence-electron chi connectivity index (χ2n) is 5.41. The molecule has 2 rings (SSSR count). The number of carbonyl (C=O) groups is 1. The van der Waals surface area contributed by atoms with Gasteiger partial charge in [0.2, 0.25) is 5.91 Å². The van der Waals surface area contributed by atoms with E-state index in [0.29, 0.717) is 23.0 Å². The van der Waals surface area contributed by atoms with Gasteiger partial charge in [0.15, 0.2) is 0 Å². The lowest BCUT2D eigenvalue weighted by molar-refractivity contribution is -0.136. The minimum Gasteiger partial charge on any atom is -0.508 e. The third kappa shape index (κ3) is 3.25. The van der Waals surface area contributed by atoms with Crippen LogP contribution in [-0.4, -0.2) is 40.2 Å². The molecule has 2 atom stereocenters. The van der Waals surface area contributed by atoms with E-state index in [9.17, 15) is 15.0 Å². The summed E-state index contributed by atoms with van der Waals surface area (Å²) in [5, 5.41) is 19.2. The summed E-state index contributed by atoms with van der Waals surface area (Å²) in [5.74, 6) is 0.377. The first kappa shape index (κ1) is 15.1. The lowest BCUT2D eigenvalue weighted by Crippen LogP contribution is -2.50. The van der Waals surface area contributed by atoms with Gasteiger partial charge in [-0.05, 0) is 36.5 Å². The lowest BCUT2D eigenvalue weighted by atomic mass is 9.91. The third-order valence-corrected chi connectivity index (χ3v) is 4.35. The minimum atomic E-state index is -0.104. The van der Waals surface area contributed by atoms with Crippen LogP contribution in [0.3, 0.4) is 0 Å². The molecule has 4 nitrogen and oxygen atoms in total. The molecule has 5 heteroatoms. The second-order valence-corrected chi connectivity index (χ2v) is 5.82. The van der Waals surface area contributed by atoms with Crippen molar-refractivity contribution in [2.45, 2.75) is 32.2 Å². The van der Waals surface area contributed by atoms with E-state index in [2.05, 4.69) is 6.92 Å². The molecular formula is C15H20ClNO3. The molecule has 0 spiro atoms. The van der Waals surface area contributed by atoms with Gasteiger partial charge >= 0.3 is 0 Å². The first-order chi connectivity index (χ1) is 9.52. The predicted octanol–water partition coefficient (Wildman–Crippen LogP) is 2.21. The van der Waals surface area contributed by atoms with Gasteiger partial charge in [-0.2, -0.15) is 0 Å². The van der Waals surface area contributed by atoms with E-state index in [4.69, 9.17) is 11.6 Å². The quantitative estimate of drug-likeness (QED) is 0.899. The number of phenolic OH excluding ortho intramolecular Hbond substituents is 1. The summed E-state index contributed by atoms with van der Waals surface area (Å²) >= 11 is 6.03. The molecule has 0 unspecified atom stereocenters. The molecular weight excluding hydrogens is 278 g/mol. The fraction of sp³-hybridized carbons (Fsp3) is 0.533. The predicted molar refractivity (Wildman–Crippen MR) is 77.8 cm³/mol. The first-order valence-electron chi connectivity index (χ1n) is 6.90. The fourth-order valence-electron chi connectivity index (χ4n) is 2.78. The Kier molecular flexibility index (Phi) is 4.89. The van der Waals surface area contributed by atoms with Crippen LogP contribution in [0.5, 0.6) is 5.75 Å². The lowest BCUT2D eigenvalue weighted by Gasteiger charge is -2.39. The average molecular weight is 298 g/mol. The number of rotatable bonds is 3. The highest BCUT2D eigenvalue weighted by atomic mass is 35.5. The van der Waals surface area contributed by atoms with E-state index in [1.165, 1.54) is 12.1 Å². The smallest absolute Gasteiger partial charge is 0.227 e. The monoisotopic (exact) mass is 297 g/mol. The molecule has 110 valence electrons. The van der Waals surface area contributed by atoms with Crippen LogP contribution >= 0.6 is 11.6 Å². The molecule has 0 aliphatic carbocycles. The van der Waals surface area contributed by atoms with Gasteiger partial charge in [-0.25, -0.2) is 0 Å². The summed E-state index contributed by atoms with van der Waals surface area (Å²) < 4.78 is 0. The second kappa shape index (κ2) is 6.46. The first-order valence-corrected chi connectivity index (χ1v) is 7.28. The van der Waals surface area contributed by atoms with E-state index in [1.807, 2.05) is 0 Å². The van der Waals surface area contributed by atoms with E-state index in [1.54, 1.807) is 11.0 Å². The average Bonchev–Trinajstić information content (AvgIpc) is 2.41. The molecule has 1 aromatic rings. The normalized spacial score (nSPS) is 22.9. The van der Waals surface area contributed by atoms with Gasteiger partial charge in [0, 0.05) is 11.6 Å². The van der Waals surface area contributed by atoms with Gasteiger partial charge in [-0.3, -0.25) is 4.79 Å². The standard InChI is InChI=1S/C15H20ClNO3/c1-10-3-2-6-17(14(10)9-18)15(20)7-11-4-5-12(19)8-13(11)16/h4-5,8,10,14,18-19H,2-3,6-7,9H2,1H3/t10-,14-/m1/s1. The summed E-state index contributed by atoms with van der Waals surface area (Å²) in [6, 6.07) is 4.52. The zero-order valence-corrected chi connectivity index (χ0v) is 12.3. The highest BCUT2D eigenvalue weighted by molar-refractivity contribution is 6.31. The number of likely N-dealkylation sites (tertiary alicyclic amines) is 1. The number of amides is 1. The molecule has 2 N–H and O–H groups in total. The van der Waals surface area contributed by atoms with E-state index < -0.39 is 0 Å². The summed E-state index contributed by atoms with van der Waals surface area (Å²) in [6.07, 6.45) is 2.20. The van der Waals surface area contributed by atoms with Crippen LogP contribution < -0.4 is 0 Å². The Morgan fingerprint density at radius 1 is 1.50 bits per heavy atom. The molecule has 0 radical (unpaired) electrons. The molecule has 1 fully saturated rings. The minimum absolute atomic E-state index is 0.00375. The maximum atomic E-state index is 12.4. The van der Waals surface area contributed by atoms with Crippen LogP contribution in [0.2, 0.25) is 5.02 Å². The number of piperidine rings is 1. The van der Waals surface area contributed by atoms with Crippen LogP contribution in [0.4, 0.5) is 0 Å². The third-order valence-electron chi connectivity index (χ3n) is 4.00. The zero-order valence-electron chi connectivity index (χ0n) is 11.6. The summed E-state index contributed by atoms with van der Waals surface area (Å²) in [5.41, 5.74) is 0.699. The molecule has 1 aliphatic rings.